The van der Waals surface area contributed by atoms with Crippen LogP contribution in [0.2, 0.25) is 0 Å². The number of ether oxygens (including phenoxy) is 3. The summed E-state index contributed by atoms with van der Waals surface area (Å²) in [7, 11) is 0. The highest BCUT2D eigenvalue weighted by molar-refractivity contribution is 6.30. The minimum absolute atomic E-state index is 0.138. The van der Waals surface area contributed by atoms with Crippen LogP contribution in [0.25, 0.3) is 11.1 Å². The molecule has 1 saturated heterocycles. The van der Waals surface area contributed by atoms with Gasteiger partial charge in [0.15, 0.2) is 17.3 Å². The number of rotatable bonds is 16. The Morgan fingerprint density at radius 2 is 0.891 bits per heavy atom. The molecule has 3 unspecified atom stereocenters. The van der Waals surface area contributed by atoms with Crippen molar-refractivity contribution in [3.63, 3.8) is 0 Å². The second kappa shape index (κ2) is 15.0. The summed E-state index contributed by atoms with van der Waals surface area (Å²) in [5.74, 6) is 1.57. The van der Waals surface area contributed by atoms with E-state index >= 15 is 4.79 Å². The van der Waals surface area contributed by atoms with Crippen molar-refractivity contribution in [3.05, 3.63) is 167 Å². The first-order chi connectivity index (χ1) is 27.2. The number of benzene rings is 5. The normalized spacial score (nSPS) is 25.7. The van der Waals surface area contributed by atoms with Gasteiger partial charge in [-0.25, -0.2) is 0 Å². The summed E-state index contributed by atoms with van der Waals surface area (Å²) < 4.78 is 20.5. The summed E-state index contributed by atoms with van der Waals surface area (Å²) in [6.45, 7) is 5.77. The van der Waals surface area contributed by atoms with Gasteiger partial charge in [0.05, 0.1) is 36.3 Å². The Balaban J connectivity index is 1.28. The van der Waals surface area contributed by atoms with Crippen LogP contribution in [0.5, 0.6) is 11.5 Å². The maximum absolute atomic E-state index is 16.5. The van der Waals surface area contributed by atoms with Crippen LogP contribution in [0.3, 0.4) is 0 Å². The van der Waals surface area contributed by atoms with E-state index in [1.54, 1.807) is 0 Å². The highest BCUT2D eigenvalue weighted by Gasteiger charge is 2.82. The lowest BCUT2D eigenvalue weighted by molar-refractivity contribution is -0.125. The zero-order chi connectivity index (χ0) is 37.4. The SMILES string of the molecule is CCCCCCOc1cc2c(cc1OCCCCCC)[C@H]1OC2C2C1[C@@]1(c3ccccc3)C(=O)[C@]2(c2ccccc2)C(c2ccccc2)=C1c1ccccc1. The molecule has 2 aliphatic carbocycles. The smallest absolute Gasteiger partial charge is 0.163 e. The summed E-state index contributed by atoms with van der Waals surface area (Å²) in [5.41, 5.74) is 6.82. The van der Waals surface area contributed by atoms with Crippen molar-refractivity contribution in [3.8, 4) is 11.5 Å². The molecule has 6 atom stereocenters. The molecule has 280 valence electrons. The molecule has 5 aromatic rings. The molecule has 4 bridgehead atoms. The summed E-state index contributed by atoms with van der Waals surface area (Å²) in [5, 5.41) is 0. The predicted molar refractivity (Wildman–Crippen MR) is 220 cm³/mol. The molecule has 0 aromatic heterocycles. The Labute approximate surface area is 326 Å². The minimum Gasteiger partial charge on any atom is -0.490 e. The van der Waals surface area contributed by atoms with E-state index in [4.69, 9.17) is 14.2 Å². The third-order valence-electron chi connectivity index (χ3n) is 12.9. The van der Waals surface area contributed by atoms with E-state index in [0.29, 0.717) is 13.2 Å². The molecule has 4 nitrogen and oxygen atoms in total. The number of ketones is 1. The van der Waals surface area contributed by atoms with Gasteiger partial charge < -0.3 is 14.2 Å². The largest absolute Gasteiger partial charge is 0.490 e. The topological polar surface area (TPSA) is 44.8 Å². The lowest BCUT2D eigenvalue weighted by atomic mass is 9.54. The Morgan fingerprint density at radius 3 is 1.27 bits per heavy atom. The minimum atomic E-state index is -0.957. The lowest BCUT2D eigenvalue weighted by Crippen LogP contribution is -2.42. The Kier molecular flexibility index (Phi) is 9.72. The molecule has 1 saturated carbocycles. The van der Waals surface area contributed by atoms with Gasteiger partial charge in [0.1, 0.15) is 0 Å². The second-order valence-electron chi connectivity index (χ2n) is 15.9. The van der Waals surface area contributed by atoms with Gasteiger partial charge in [-0.05, 0) is 69.5 Å². The van der Waals surface area contributed by atoms with Crippen LogP contribution < -0.4 is 9.47 Å². The molecule has 2 heterocycles. The number of allylic oxidation sites excluding steroid dienone is 2. The van der Waals surface area contributed by atoms with Crippen LogP contribution in [0.15, 0.2) is 133 Å². The average Bonchev–Trinajstić information content (AvgIpc) is 3.94. The van der Waals surface area contributed by atoms with Gasteiger partial charge in [0.25, 0.3) is 0 Å². The van der Waals surface area contributed by atoms with Crippen molar-refractivity contribution in [1.29, 1.82) is 0 Å². The van der Waals surface area contributed by atoms with Gasteiger partial charge in [0.2, 0.25) is 0 Å². The van der Waals surface area contributed by atoms with Crippen LogP contribution in [-0.2, 0) is 20.4 Å². The molecule has 2 fully saturated rings. The van der Waals surface area contributed by atoms with E-state index in [9.17, 15) is 0 Å². The maximum Gasteiger partial charge on any atom is 0.163 e. The molecule has 0 spiro atoms. The van der Waals surface area contributed by atoms with Crippen LogP contribution in [0, 0.1) is 11.8 Å². The fourth-order valence-electron chi connectivity index (χ4n) is 10.8. The van der Waals surface area contributed by atoms with Crippen molar-refractivity contribution in [2.24, 2.45) is 11.8 Å². The van der Waals surface area contributed by atoms with E-state index in [2.05, 4.69) is 147 Å². The van der Waals surface area contributed by atoms with Crippen LogP contribution in [-0.4, -0.2) is 19.0 Å². The molecule has 5 aromatic carbocycles. The van der Waals surface area contributed by atoms with Crippen LogP contribution >= 0.6 is 0 Å². The van der Waals surface area contributed by atoms with Gasteiger partial charge in [-0.1, -0.05) is 174 Å². The molecule has 0 amide bonds. The fraction of sp³-hybridized carbons (Fsp3) is 0.353. The van der Waals surface area contributed by atoms with Gasteiger partial charge in [0, 0.05) is 11.8 Å². The van der Waals surface area contributed by atoms with Gasteiger partial charge in [-0.15, -0.1) is 0 Å². The van der Waals surface area contributed by atoms with Crippen molar-refractivity contribution in [2.45, 2.75) is 88.3 Å². The molecule has 0 radical (unpaired) electrons. The first-order valence-electron chi connectivity index (χ1n) is 20.8. The molecule has 0 N–H and O–H groups in total. The quantitative estimate of drug-likeness (QED) is 0.0949. The second-order valence-corrected chi connectivity index (χ2v) is 15.9. The van der Waals surface area contributed by atoms with Gasteiger partial charge in [-0.2, -0.15) is 0 Å². The Hall–Kier alpha value is -4.93. The summed E-state index contributed by atoms with van der Waals surface area (Å²) in [6, 6.07) is 47.0. The van der Waals surface area contributed by atoms with Crippen molar-refractivity contribution in [2.75, 3.05) is 13.2 Å². The standard InChI is InChI=1S/C51H52O4/c1-3-5-7-21-31-53-41-33-39-40(34-42(41)54-32-22-8-6-4-2)48-46-45(47(39)55-48)50(37-27-17-11-18-28-37)43(35-23-13-9-14-24-35)44(36-25-15-10-16-26-36)51(46,49(50)52)38-29-19-12-20-30-38/h9-20,23-30,33-34,45-48H,3-8,21-22,31-32H2,1-2H3/t45?,46?,47-,48?,50+,51-/m1/s1. The van der Waals surface area contributed by atoms with Crippen molar-refractivity contribution < 1.29 is 19.0 Å². The monoisotopic (exact) mass is 728 g/mol. The highest BCUT2D eigenvalue weighted by atomic mass is 16.5. The third kappa shape index (κ3) is 5.46. The summed E-state index contributed by atoms with van der Waals surface area (Å²) in [4.78, 5) is 16.5. The van der Waals surface area contributed by atoms with Gasteiger partial charge in [-0.3, -0.25) is 4.79 Å². The number of carbonyl (C=O) groups excluding carboxylic acids is 1. The van der Waals surface area contributed by atoms with E-state index < -0.39 is 10.8 Å². The van der Waals surface area contributed by atoms with E-state index in [-0.39, 0.29) is 29.8 Å². The molecule has 55 heavy (non-hydrogen) atoms. The van der Waals surface area contributed by atoms with E-state index in [1.807, 2.05) is 0 Å². The Bertz CT molecular complexity index is 2010. The van der Waals surface area contributed by atoms with Crippen molar-refractivity contribution >= 4 is 16.9 Å². The fourth-order valence-corrected chi connectivity index (χ4v) is 10.8. The van der Waals surface area contributed by atoms with Crippen LogP contribution in [0.1, 0.15) is 111 Å². The molecular weight excluding hydrogens is 677 g/mol. The number of fused-ring (bicyclic) bond motifs is 12. The average molecular weight is 729 g/mol. The number of hydrogen-bond donors (Lipinski definition) is 0. The summed E-state index contributed by atoms with van der Waals surface area (Å²) >= 11 is 0. The molecular formula is C51H52O4. The number of unbranched alkanes of at least 4 members (excludes halogenated alkanes) is 6. The third-order valence-corrected chi connectivity index (χ3v) is 12.9. The summed E-state index contributed by atoms with van der Waals surface area (Å²) in [6.07, 6.45) is 8.50. The molecule has 4 heteroatoms. The molecule has 2 aliphatic heterocycles. The van der Waals surface area contributed by atoms with Crippen LogP contribution in [0.4, 0.5) is 0 Å². The van der Waals surface area contributed by atoms with Gasteiger partial charge >= 0.3 is 0 Å². The predicted octanol–water partition coefficient (Wildman–Crippen LogP) is 12.0. The number of hydrogen-bond acceptors (Lipinski definition) is 4. The number of carbonyl (C=O) groups is 1. The molecule has 9 rings (SSSR count). The zero-order valence-electron chi connectivity index (χ0n) is 32.2. The maximum atomic E-state index is 16.5. The highest BCUT2D eigenvalue weighted by Crippen LogP contribution is 2.81. The molecule has 4 aliphatic rings. The van der Waals surface area contributed by atoms with E-state index in [1.165, 1.54) is 25.7 Å². The zero-order valence-corrected chi connectivity index (χ0v) is 32.2. The Morgan fingerprint density at radius 1 is 0.509 bits per heavy atom. The van der Waals surface area contributed by atoms with Crippen molar-refractivity contribution in [1.82, 2.24) is 0 Å². The first kappa shape index (κ1) is 35.8. The van der Waals surface area contributed by atoms with E-state index in [0.717, 1.165) is 81.7 Å². The first-order valence-corrected chi connectivity index (χ1v) is 20.8. The lowest BCUT2D eigenvalue weighted by Gasteiger charge is -2.45. The number of Topliss-reactive ketones (excluding diaryl/α,β-unsaturated/α-hetero) is 1.